The molecule has 1 aromatic heterocycles. The summed E-state index contributed by atoms with van der Waals surface area (Å²) in [4.78, 5) is 18.0. The lowest BCUT2D eigenvalue weighted by Gasteiger charge is -2.09. The molecule has 0 aliphatic rings. The van der Waals surface area contributed by atoms with E-state index in [0.29, 0.717) is 5.92 Å². The second-order valence-corrected chi connectivity index (χ2v) is 4.74. The van der Waals surface area contributed by atoms with Crippen molar-refractivity contribution in [1.82, 2.24) is 9.97 Å². The Morgan fingerprint density at radius 2 is 2.11 bits per heavy atom. The van der Waals surface area contributed by atoms with Crippen LogP contribution in [0.5, 0.6) is 0 Å². The molecule has 18 heavy (non-hydrogen) atoms. The second-order valence-electron chi connectivity index (χ2n) is 4.74. The first-order valence-corrected chi connectivity index (χ1v) is 5.94. The van der Waals surface area contributed by atoms with Crippen molar-refractivity contribution >= 4 is 5.91 Å². The smallest absolute Gasteiger partial charge is 0.284 e. The third-order valence-corrected chi connectivity index (χ3v) is 3.03. The van der Waals surface area contributed by atoms with Crippen molar-refractivity contribution in [2.75, 3.05) is 0 Å². The Kier molecular flexibility index (Phi) is 3.19. The average molecular weight is 243 g/mol. The van der Waals surface area contributed by atoms with Crippen molar-refractivity contribution < 1.29 is 4.79 Å². The van der Waals surface area contributed by atoms with E-state index < -0.39 is 5.91 Å². The topological polar surface area (TPSA) is 71.8 Å². The van der Waals surface area contributed by atoms with Crippen LogP contribution in [0.3, 0.4) is 0 Å². The highest BCUT2D eigenvalue weighted by Crippen LogP contribution is 2.26. The minimum atomic E-state index is -0.543. The first kappa shape index (κ1) is 12.4. The van der Waals surface area contributed by atoms with E-state index in [2.05, 4.69) is 42.0 Å². The van der Waals surface area contributed by atoms with Crippen LogP contribution in [0.15, 0.2) is 24.4 Å². The van der Waals surface area contributed by atoms with Crippen molar-refractivity contribution in [2.45, 2.75) is 26.7 Å². The van der Waals surface area contributed by atoms with Gasteiger partial charge in [0, 0.05) is 5.56 Å². The van der Waals surface area contributed by atoms with E-state index in [1.54, 1.807) is 6.20 Å². The van der Waals surface area contributed by atoms with Crippen molar-refractivity contribution in [3.8, 4) is 11.3 Å². The molecule has 0 atom stereocenters. The maximum atomic E-state index is 11.0. The summed E-state index contributed by atoms with van der Waals surface area (Å²) in [6.45, 7) is 6.33. The SMILES string of the molecule is Cc1ccc(C(C)C)cc1-c1cnc(C(N)=O)[nH]1. The highest BCUT2D eigenvalue weighted by Gasteiger charge is 2.10. The lowest BCUT2D eigenvalue weighted by Crippen LogP contribution is -2.12. The molecule has 4 nitrogen and oxygen atoms in total. The fourth-order valence-electron chi connectivity index (χ4n) is 1.87. The number of H-pyrrole nitrogens is 1. The van der Waals surface area contributed by atoms with Gasteiger partial charge in [0.25, 0.3) is 5.91 Å². The molecule has 1 amide bonds. The zero-order chi connectivity index (χ0) is 13.3. The number of nitrogens with zero attached hydrogens (tertiary/aromatic N) is 1. The van der Waals surface area contributed by atoms with E-state index in [-0.39, 0.29) is 5.82 Å². The predicted octanol–water partition coefficient (Wildman–Crippen LogP) is 2.61. The Hall–Kier alpha value is -2.10. The molecule has 0 radical (unpaired) electrons. The van der Waals surface area contributed by atoms with Gasteiger partial charge in [-0.2, -0.15) is 0 Å². The number of aromatic amines is 1. The van der Waals surface area contributed by atoms with Crippen LogP contribution in [0.25, 0.3) is 11.3 Å². The Labute approximate surface area is 106 Å². The quantitative estimate of drug-likeness (QED) is 0.869. The summed E-state index contributed by atoms with van der Waals surface area (Å²) < 4.78 is 0. The third kappa shape index (κ3) is 2.27. The van der Waals surface area contributed by atoms with E-state index >= 15 is 0 Å². The van der Waals surface area contributed by atoms with Gasteiger partial charge in [-0.15, -0.1) is 0 Å². The van der Waals surface area contributed by atoms with Gasteiger partial charge >= 0.3 is 0 Å². The molecule has 0 spiro atoms. The molecule has 94 valence electrons. The molecule has 0 unspecified atom stereocenters. The summed E-state index contributed by atoms with van der Waals surface area (Å²) >= 11 is 0. The molecule has 2 rings (SSSR count). The molecule has 1 aromatic carbocycles. The van der Waals surface area contributed by atoms with E-state index in [1.807, 2.05) is 6.92 Å². The average Bonchev–Trinajstić information content (AvgIpc) is 2.78. The molecule has 0 aliphatic carbocycles. The van der Waals surface area contributed by atoms with Gasteiger partial charge in [0.05, 0.1) is 11.9 Å². The summed E-state index contributed by atoms with van der Waals surface area (Å²) in [6.07, 6.45) is 1.65. The summed E-state index contributed by atoms with van der Waals surface area (Å²) in [5.74, 6) is 0.112. The highest BCUT2D eigenvalue weighted by atomic mass is 16.1. The van der Waals surface area contributed by atoms with Gasteiger partial charge in [-0.05, 0) is 30.0 Å². The molecule has 4 heteroatoms. The van der Waals surface area contributed by atoms with E-state index in [1.165, 1.54) is 5.56 Å². The predicted molar refractivity (Wildman–Crippen MR) is 71.4 cm³/mol. The molecule has 2 aromatic rings. The number of carbonyl (C=O) groups excluding carboxylic acids is 1. The molecule has 3 N–H and O–H groups in total. The number of carbonyl (C=O) groups is 1. The molecule has 0 fully saturated rings. The van der Waals surface area contributed by atoms with Crippen molar-refractivity contribution in [3.05, 3.63) is 41.3 Å². The Morgan fingerprint density at radius 3 is 2.67 bits per heavy atom. The number of imidazole rings is 1. The monoisotopic (exact) mass is 243 g/mol. The number of rotatable bonds is 3. The third-order valence-electron chi connectivity index (χ3n) is 3.03. The molecule has 0 bridgehead atoms. The second kappa shape index (κ2) is 4.64. The summed E-state index contributed by atoms with van der Waals surface area (Å²) in [5.41, 5.74) is 9.46. The molecule has 1 heterocycles. The zero-order valence-electron chi connectivity index (χ0n) is 10.8. The van der Waals surface area contributed by atoms with Crippen LogP contribution in [0, 0.1) is 6.92 Å². The highest BCUT2D eigenvalue weighted by molar-refractivity contribution is 5.89. The first-order chi connectivity index (χ1) is 8.49. The van der Waals surface area contributed by atoms with Gasteiger partial charge in [0.1, 0.15) is 0 Å². The number of primary amides is 1. The molecule has 0 aliphatic heterocycles. The largest absolute Gasteiger partial charge is 0.363 e. The first-order valence-electron chi connectivity index (χ1n) is 5.94. The number of aromatic nitrogens is 2. The minimum absolute atomic E-state index is 0.194. The van der Waals surface area contributed by atoms with Gasteiger partial charge in [-0.1, -0.05) is 26.0 Å². The van der Waals surface area contributed by atoms with E-state index in [9.17, 15) is 4.79 Å². The molecular weight excluding hydrogens is 226 g/mol. The van der Waals surface area contributed by atoms with Crippen molar-refractivity contribution in [1.29, 1.82) is 0 Å². The lowest BCUT2D eigenvalue weighted by atomic mass is 9.97. The van der Waals surface area contributed by atoms with Crippen LogP contribution in [0.2, 0.25) is 0 Å². The maximum absolute atomic E-state index is 11.0. The van der Waals surface area contributed by atoms with Crippen LogP contribution in [0.4, 0.5) is 0 Å². The Balaban J connectivity index is 2.48. The molecule has 0 saturated heterocycles. The number of hydrogen-bond acceptors (Lipinski definition) is 2. The maximum Gasteiger partial charge on any atom is 0.284 e. The van der Waals surface area contributed by atoms with Crippen LogP contribution in [-0.2, 0) is 0 Å². The number of benzene rings is 1. The van der Waals surface area contributed by atoms with E-state index in [0.717, 1.165) is 16.8 Å². The normalized spacial score (nSPS) is 10.9. The number of nitrogens with two attached hydrogens (primary N) is 1. The standard InChI is InChI=1S/C14H17N3O/c1-8(2)10-5-4-9(3)11(6-10)12-7-16-14(17-12)13(15)18/h4-8H,1-3H3,(H2,15,18)(H,16,17). The van der Waals surface area contributed by atoms with Crippen molar-refractivity contribution in [2.24, 2.45) is 5.73 Å². The molecular formula is C14H17N3O. The van der Waals surface area contributed by atoms with Gasteiger partial charge in [-0.25, -0.2) is 4.98 Å². The Morgan fingerprint density at radius 1 is 1.39 bits per heavy atom. The van der Waals surface area contributed by atoms with Crippen molar-refractivity contribution in [3.63, 3.8) is 0 Å². The van der Waals surface area contributed by atoms with Crippen LogP contribution in [0.1, 0.15) is 41.5 Å². The number of aryl methyl sites for hydroxylation is 1. The lowest BCUT2D eigenvalue weighted by molar-refractivity contribution is 0.0991. The Bertz CT molecular complexity index is 584. The van der Waals surface area contributed by atoms with Gasteiger partial charge < -0.3 is 10.7 Å². The van der Waals surface area contributed by atoms with Gasteiger partial charge in [-0.3, -0.25) is 4.79 Å². The number of hydrogen-bond donors (Lipinski definition) is 2. The zero-order valence-corrected chi connectivity index (χ0v) is 10.8. The van der Waals surface area contributed by atoms with E-state index in [4.69, 9.17) is 5.73 Å². The number of nitrogens with one attached hydrogen (secondary N) is 1. The van der Waals surface area contributed by atoms with Gasteiger partial charge in [0.2, 0.25) is 0 Å². The summed E-state index contributed by atoms with van der Waals surface area (Å²) in [6, 6.07) is 6.32. The van der Waals surface area contributed by atoms with Gasteiger partial charge in [0.15, 0.2) is 5.82 Å². The fourth-order valence-corrected chi connectivity index (χ4v) is 1.87. The number of amides is 1. The van der Waals surface area contributed by atoms with Crippen LogP contribution >= 0.6 is 0 Å². The summed E-state index contributed by atoms with van der Waals surface area (Å²) in [5, 5.41) is 0. The fraction of sp³-hybridized carbons (Fsp3) is 0.286. The van der Waals surface area contributed by atoms with Crippen LogP contribution < -0.4 is 5.73 Å². The van der Waals surface area contributed by atoms with Crippen LogP contribution in [-0.4, -0.2) is 15.9 Å². The minimum Gasteiger partial charge on any atom is -0.363 e. The summed E-state index contributed by atoms with van der Waals surface area (Å²) in [7, 11) is 0. The molecule has 0 saturated carbocycles.